The van der Waals surface area contributed by atoms with Gasteiger partial charge in [0.2, 0.25) is 0 Å². The average molecular weight is 540 g/mol. The van der Waals surface area contributed by atoms with Gasteiger partial charge in [-0.25, -0.2) is 19.1 Å². The molecule has 3 N–H and O–H groups in total. The van der Waals surface area contributed by atoms with Gasteiger partial charge in [-0.2, -0.15) is 0 Å². The van der Waals surface area contributed by atoms with E-state index < -0.39 is 53.9 Å². The van der Waals surface area contributed by atoms with Gasteiger partial charge in [-0.3, -0.25) is 14.4 Å². The van der Waals surface area contributed by atoms with Crippen LogP contribution in [-0.4, -0.2) is 59.0 Å². The summed E-state index contributed by atoms with van der Waals surface area (Å²) in [5.74, 6) is -2.90. The number of pyridine rings is 1. The number of nitrogen functional groups attached to an aromatic ring is 1. The molecule has 1 atom stereocenters. The van der Waals surface area contributed by atoms with E-state index in [9.17, 15) is 23.6 Å². The molecule has 1 fully saturated rings. The molecule has 0 radical (unpaired) electrons. The molecule has 204 valence electrons. The van der Waals surface area contributed by atoms with Crippen LogP contribution in [0.15, 0.2) is 34.7 Å². The van der Waals surface area contributed by atoms with Crippen LogP contribution in [0.5, 0.6) is 5.75 Å². The lowest BCUT2D eigenvalue weighted by atomic mass is 9.95. The zero-order valence-electron chi connectivity index (χ0n) is 21.7. The SMILES string of the molecule is COc1ccc2c(c1F)C(=O)N(C[C@@]1(c3cc4nc(N)ccc4o3)NC(=O)N(COC(=O)C(C)(C)C)C1=O)C2. The van der Waals surface area contributed by atoms with Gasteiger partial charge in [-0.15, -0.1) is 0 Å². The number of aromatic nitrogens is 1. The van der Waals surface area contributed by atoms with E-state index in [2.05, 4.69) is 10.3 Å². The number of halogens is 1. The number of hydrogen-bond donors (Lipinski definition) is 2. The van der Waals surface area contributed by atoms with Gasteiger partial charge < -0.3 is 29.8 Å². The molecule has 0 aliphatic carbocycles. The molecular weight excluding hydrogens is 513 g/mol. The molecule has 13 heteroatoms. The van der Waals surface area contributed by atoms with Gasteiger partial charge in [0.05, 0.1) is 24.6 Å². The fourth-order valence-electron chi connectivity index (χ4n) is 4.55. The second-order valence-electron chi connectivity index (χ2n) is 10.4. The minimum Gasteiger partial charge on any atom is -0.494 e. The van der Waals surface area contributed by atoms with Gasteiger partial charge in [0.25, 0.3) is 11.8 Å². The average Bonchev–Trinajstić information content (AvgIpc) is 3.50. The Labute approximate surface area is 221 Å². The number of anilines is 1. The van der Waals surface area contributed by atoms with E-state index in [1.54, 1.807) is 32.9 Å². The number of benzene rings is 1. The van der Waals surface area contributed by atoms with E-state index in [-0.39, 0.29) is 35.0 Å². The summed E-state index contributed by atoms with van der Waals surface area (Å²) in [7, 11) is 1.28. The van der Waals surface area contributed by atoms with E-state index in [4.69, 9.17) is 19.6 Å². The van der Waals surface area contributed by atoms with E-state index in [0.717, 1.165) is 4.90 Å². The molecule has 4 amide bonds. The fourth-order valence-corrected chi connectivity index (χ4v) is 4.55. The maximum absolute atomic E-state index is 15.0. The van der Waals surface area contributed by atoms with Gasteiger partial charge >= 0.3 is 12.0 Å². The summed E-state index contributed by atoms with van der Waals surface area (Å²) >= 11 is 0. The molecule has 39 heavy (non-hydrogen) atoms. The molecular formula is C26H26FN5O7. The number of ether oxygens (including phenoxy) is 2. The maximum atomic E-state index is 15.0. The number of methoxy groups -OCH3 is 1. The summed E-state index contributed by atoms with van der Waals surface area (Å²) < 4.78 is 31.1. The number of nitrogens with zero attached hydrogens (tertiary/aromatic N) is 3. The van der Waals surface area contributed by atoms with Crippen LogP contribution in [0.3, 0.4) is 0 Å². The zero-order chi connectivity index (χ0) is 28.3. The molecule has 0 spiro atoms. The summed E-state index contributed by atoms with van der Waals surface area (Å²) in [5.41, 5.74) is 3.78. The number of amides is 4. The molecule has 0 unspecified atom stereocenters. The minimum absolute atomic E-state index is 0.0274. The molecule has 3 aromatic rings. The van der Waals surface area contributed by atoms with Crippen LogP contribution in [0.1, 0.15) is 42.5 Å². The van der Waals surface area contributed by atoms with E-state index >= 15 is 0 Å². The number of carbonyl (C=O) groups is 4. The van der Waals surface area contributed by atoms with E-state index in [0.29, 0.717) is 11.1 Å². The number of carbonyl (C=O) groups excluding carboxylic acids is 4. The molecule has 4 heterocycles. The number of fused-ring (bicyclic) bond motifs is 2. The van der Waals surface area contributed by atoms with Crippen molar-refractivity contribution in [2.75, 3.05) is 26.1 Å². The minimum atomic E-state index is -1.93. The molecule has 0 bridgehead atoms. The Morgan fingerprint density at radius 3 is 2.67 bits per heavy atom. The van der Waals surface area contributed by atoms with E-state index in [1.807, 2.05) is 0 Å². The summed E-state index contributed by atoms with van der Waals surface area (Å²) in [5, 5.41) is 2.61. The number of urea groups is 1. The molecule has 0 saturated carbocycles. The quantitative estimate of drug-likeness (QED) is 0.355. The van der Waals surface area contributed by atoms with Crippen molar-refractivity contribution in [1.82, 2.24) is 20.1 Å². The number of furan rings is 1. The van der Waals surface area contributed by atoms with Crippen LogP contribution in [-0.2, 0) is 26.4 Å². The predicted molar refractivity (Wildman–Crippen MR) is 134 cm³/mol. The maximum Gasteiger partial charge on any atom is 0.328 e. The van der Waals surface area contributed by atoms with Crippen molar-refractivity contribution in [1.29, 1.82) is 0 Å². The standard InChI is InChI=1S/C26H26FN5O7/c1-25(2,3)23(35)38-12-32-22(34)26(30-24(32)36,17-9-14-15(39-17)7-8-18(28)29-14)11-31-10-13-5-6-16(37-4)20(27)19(13)21(31)33/h5-9H,10-12H2,1-4H3,(H2,28,29)(H,30,36)/t26-/m0/s1. The van der Waals surface area contributed by atoms with Crippen molar-refractivity contribution >= 4 is 40.7 Å². The summed E-state index contributed by atoms with van der Waals surface area (Å²) in [4.78, 5) is 58.7. The van der Waals surface area contributed by atoms with Gasteiger partial charge in [-0.1, -0.05) is 6.07 Å². The van der Waals surface area contributed by atoms with Crippen molar-refractivity contribution in [3.05, 3.63) is 53.0 Å². The number of nitrogens with two attached hydrogens (primary N) is 1. The Balaban J connectivity index is 1.53. The lowest BCUT2D eigenvalue weighted by Gasteiger charge is -2.29. The third-order valence-corrected chi connectivity index (χ3v) is 6.63. The number of imide groups is 1. The normalized spacial score (nSPS) is 19.1. The molecule has 1 aromatic carbocycles. The number of esters is 1. The predicted octanol–water partition coefficient (Wildman–Crippen LogP) is 2.51. The van der Waals surface area contributed by atoms with Gasteiger partial charge in [0.15, 0.2) is 29.4 Å². The fraction of sp³-hybridized carbons (Fsp3) is 0.346. The third-order valence-electron chi connectivity index (χ3n) is 6.63. The van der Waals surface area contributed by atoms with Crippen LogP contribution in [0.2, 0.25) is 0 Å². The Hall–Kier alpha value is -4.68. The highest BCUT2D eigenvalue weighted by atomic mass is 19.1. The zero-order valence-corrected chi connectivity index (χ0v) is 21.7. The topological polar surface area (TPSA) is 157 Å². The first-order valence-electron chi connectivity index (χ1n) is 12.0. The number of hydrogen-bond acceptors (Lipinski definition) is 9. The lowest BCUT2D eigenvalue weighted by Crippen LogP contribution is -2.52. The largest absolute Gasteiger partial charge is 0.494 e. The van der Waals surface area contributed by atoms with Crippen LogP contribution in [0.4, 0.5) is 15.0 Å². The smallest absolute Gasteiger partial charge is 0.328 e. The molecule has 5 rings (SSSR count). The lowest BCUT2D eigenvalue weighted by molar-refractivity contribution is -0.158. The summed E-state index contributed by atoms with van der Waals surface area (Å²) in [6.07, 6.45) is 0. The first kappa shape index (κ1) is 25.9. The van der Waals surface area contributed by atoms with E-state index in [1.165, 1.54) is 30.2 Å². The molecule has 1 saturated heterocycles. The summed E-state index contributed by atoms with van der Waals surface area (Å²) in [6.45, 7) is 3.78. The Morgan fingerprint density at radius 1 is 1.23 bits per heavy atom. The molecule has 2 aliphatic heterocycles. The van der Waals surface area contributed by atoms with Crippen molar-refractivity contribution in [3.63, 3.8) is 0 Å². The third kappa shape index (κ3) is 4.19. The molecule has 12 nitrogen and oxygen atoms in total. The monoisotopic (exact) mass is 539 g/mol. The first-order chi connectivity index (χ1) is 18.4. The highest BCUT2D eigenvalue weighted by Crippen LogP contribution is 2.38. The van der Waals surface area contributed by atoms with Gasteiger partial charge in [0, 0.05) is 12.6 Å². The summed E-state index contributed by atoms with van der Waals surface area (Å²) in [6, 6.07) is 6.59. The van der Waals surface area contributed by atoms with Crippen LogP contribution < -0.4 is 15.8 Å². The van der Waals surface area contributed by atoms with Crippen molar-refractivity contribution < 1.29 is 37.5 Å². The second kappa shape index (κ2) is 8.96. The van der Waals surface area contributed by atoms with Crippen molar-refractivity contribution in [2.24, 2.45) is 5.41 Å². The van der Waals surface area contributed by atoms with Gasteiger partial charge in [0.1, 0.15) is 17.1 Å². The highest BCUT2D eigenvalue weighted by Gasteiger charge is 2.57. The first-order valence-corrected chi connectivity index (χ1v) is 12.0. The Morgan fingerprint density at radius 2 is 1.97 bits per heavy atom. The van der Waals surface area contributed by atoms with Crippen LogP contribution >= 0.6 is 0 Å². The molecule has 2 aromatic heterocycles. The van der Waals surface area contributed by atoms with Crippen molar-refractivity contribution in [2.45, 2.75) is 32.9 Å². The van der Waals surface area contributed by atoms with Crippen LogP contribution in [0, 0.1) is 11.2 Å². The molecule has 2 aliphatic rings. The second-order valence-corrected chi connectivity index (χ2v) is 10.4. The number of rotatable bonds is 6. The highest BCUT2D eigenvalue weighted by molar-refractivity contribution is 6.08. The van der Waals surface area contributed by atoms with Gasteiger partial charge in [-0.05, 0) is 44.5 Å². The Bertz CT molecular complexity index is 1550. The van der Waals surface area contributed by atoms with Crippen molar-refractivity contribution in [3.8, 4) is 5.75 Å². The number of nitrogens with one attached hydrogen (secondary N) is 1. The van der Waals surface area contributed by atoms with Crippen LogP contribution in [0.25, 0.3) is 11.1 Å². The Kier molecular flexibility index (Phi) is 5.96.